The molecule has 0 saturated carbocycles. The number of Topliss-reactive ketones (excluding diaryl/α,β-unsaturated/α-hetero) is 1. The van der Waals surface area contributed by atoms with E-state index in [4.69, 9.17) is 22.1 Å². The van der Waals surface area contributed by atoms with E-state index in [9.17, 15) is 33.0 Å². The third-order valence-electron chi connectivity index (χ3n) is 3.75. The van der Waals surface area contributed by atoms with Gasteiger partial charge in [0.1, 0.15) is 18.3 Å². The maximum atomic E-state index is 12.2. The molecule has 1 aliphatic heterocycles. The number of aliphatic hydroxyl groups excluding tert-OH is 3. The molecule has 0 amide bonds. The van der Waals surface area contributed by atoms with Crippen molar-refractivity contribution in [2.45, 2.75) is 37.3 Å². The fourth-order valence-electron chi connectivity index (χ4n) is 2.36. The Morgan fingerprint density at radius 2 is 2.04 bits per heavy atom. The van der Waals surface area contributed by atoms with Gasteiger partial charge in [0.05, 0.1) is 13.2 Å². The molecule has 0 unspecified atom stereocenters. The topological polar surface area (TPSA) is 137 Å². The average Bonchev–Trinajstić information content (AvgIpc) is 2.83. The smallest absolute Gasteiger partial charge is 0.394 e. The molecule has 1 aliphatic rings. The summed E-state index contributed by atoms with van der Waals surface area (Å²) in [4.78, 5) is 24.9. The maximum absolute atomic E-state index is 12.2. The van der Waals surface area contributed by atoms with Gasteiger partial charge in [0, 0.05) is 18.3 Å². The minimum Gasteiger partial charge on any atom is -0.394 e. The van der Waals surface area contributed by atoms with Gasteiger partial charge in [-0.05, 0) is 12.2 Å². The van der Waals surface area contributed by atoms with Crippen molar-refractivity contribution in [2.75, 3.05) is 13.2 Å². The van der Waals surface area contributed by atoms with Gasteiger partial charge in [-0.2, -0.15) is 13.2 Å². The minimum absolute atomic E-state index is 0.0775. The Kier molecular flexibility index (Phi) is 6.31. The molecule has 1 aromatic heterocycles. The molecule has 0 radical (unpaired) electrons. The highest BCUT2D eigenvalue weighted by Crippen LogP contribution is 2.29. The van der Waals surface area contributed by atoms with Crippen LogP contribution in [-0.2, 0) is 16.1 Å². The molecule has 0 aromatic carbocycles. The van der Waals surface area contributed by atoms with E-state index in [0.29, 0.717) is 0 Å². The van der Waals surface area contributed by atoms with Gasteiger partial charge in [-0.1, -0.05) is 0 Å². The molecule has 1 fully saturated rings. The summed E-state index contributed by atoms with van der Waals surface area (Å²) in [7, 11) is 0. The van der Waals surface area contributed by atoms with Crippen molar-refractivity contribution >= 4 is 18.0 Å². The summed E-state index contributed by atoms with van der Waals surface area (Å²) in [6.45, 7) is -1.98. The number of carbonyl (C=O) groups is 1. The highest BCUT2D eigenvalue weighted by molar-refractivity contribution is 7.71. The van der Waals surface area contributed by atoms with Crippen molar-refractivity contribution in [1.29, 1.82) is 0 Å². The molecule has 146 valence electrons. The number of rotatable bonds is 6. The Bertz CT molecular complexity index is 780. The molecule has 9 nitrogen and oxygen atoms in total. The summed E-state index contributed by atoms with van der Waals surface area (Å²) in [5.41, 5.74) is -0.781. The number of halogens is 3. The zero-order chi connectivity index (χ0) is 19.6. The second-order valence-electron chi connectivity index (χ2n) is 5.57. The number of nitrogens with one attached hydrogen (secondary N) is 2. The van der Waals surface area contributed by atoms with Crippen molar-refractivity contribution in [3.05, 3.63) is 26.9 Å². The standard InChI is InChI=1S/C13H16F3N3O6S/c14-13(15,16)7(21)2-17-1-5-3-19(12(26)18-10(5)24)11-9(23)8(22)6(4-20)25-11/h3,6,8-9,11,17,20,22-23H,1-2,4H2,(H,18,24,26)/t6-,8-,9-,11-/m1/s1. The molecule has 1 aromatic rings. The van der Waals surface area contributed by atoms with E-state index in [1.165, 1.54) is 0 Å². The predicted octanol–water partition coefficient (Wildman–Crippen LogP) is -1.26. The molecule has 0 bridgehead atoms. The molecular formula is C13H16F3N3O6S. The molecule has 2 rings (SSSR count). The largest absolute Gasteiger partial charge is 0.451 e. The number of ether oxygens (including phenoxy) is 1. The van der Waals surface area contributed by atoms with Crippen LogP contribution in [0.2, 0.25) is 0 Å². The average molecular weight is 399 g/mol. The number of aromatic amines is 1. The number of ketones is 1. The number of alkyl halides is 3. The van der Waals surface area contributed by atoms with Crippen molar-refractivity contribution in [3.8, 4) is 0 Å². The quantitative estimate of drug-likeness (QED) is 0.374. The van der Waals surface area contributed by atoms with E-state index < -0.39 is 55.2 Å². The number of carbonyl (C=O) groups excluding carboxylic acids is 1. The molecule has 4 atom stereocenters. The summed E-state index contributed by atoms with van der Waals surface area (Å²) in [5.74, 6) is -2.00. The van der Waals surface area contributed by atoms with Crippen molar-refractivity contribution in [1.82, 2.24) is 14.9 Å². The lowest BCUT2D eigenvalue weighted by Crippen LogP contribution is -2.35. The number of hydrogen-bond donors (Lipinski definition) is 5. The summed E-state index contributed by atoms with van der Waals surface area (Å²) in [6, 6.07) is 0. The predicted molar refractivity (Wildman–Crippen MR) is 81.7 cm³/mol. The van der Waals surface area contributed by atoms with Crippen LogP contribution in [0.1, 0.15) is 11.8 Å². The highest BCUT2D eigenvalue weighted by Gasteiger charge is 2.43. The van der Waals surface area contributed by atoms with E-state index in [2.05, 4.69) is 10.3 Å². The van der Waals surface area contributed by atoms with Gasteiger partial charge in [0.25, 0.3) is 5.56 Å². The Balaban J connectivity index is 2.18. The van der Waals surface area contributed by atoms with Gasteiger partial charge < -0.3 is 25.4 Å². The fourth-order valence-corrected chi connectivity index (χ4v) is 2.61. The lowest BCUT2D eigenvalue weighted by Gasteiger charge is -2.19. The third-order valence-corrected chi connectivity index (χ3v) is 4.06. The second kappa shape index (κ2) is 7.94. The molecule has 2 heterocycles. The normalized spacial score (nSPS) is 26.2. The molecule has 13 heteroatoms. The first-order valence-corrected chi connectivity index (χ1v) is 7.74. The van der Waals surface area contributed by atoms with Crippen molar-refractivity contribution in [3.63, 3.8) is 0 Å². The lowest BCUT2D eigenvalue weighted by molar-refractivity contribution is -0.169. The Morgan fingerprint density at radius 1 is 1.38 bits per heavy atom. The first-order valence-electron chi connectivity index (χ1n) is 7.33. The molecular weight excluding hydrogens is 383 g/mol. The summed E-state index contributed by atoms with van der Waals surface area (Å²) >= 11 is 4.95. The Hall–Kier alpha value is -1.64. The molecule has 26 heavy (non-hydrogen) atoms. The number of aromatic nitrogens is 2. The van der Waals surface area contributed by atoms with Crippen LogP contribution < -0.4 is 10.9 Å². The van der Waals surface area contributed by atoms with Crippen LogP contribution in [0.25, 0.3) is 0 Å². The number of hydrogen-bond acceptors (Lipinski definition) is 8. The zero-order valence-corrected chi connectivity index (χ0v) is 13.9. The van der Waals surface area contributed by atoms with Crippen LogP contribution in [0.4, 0.5) is 13.2 Å². The summed E-state index contributed by atoms with van der Waals surface area (Å²) < 4.78 is 42.7. The van der Waals surface area contributed by atoms with Gasteiger partial charge in [-0.3, -0.25) is 19.1 Å². The van der Waals surface area contributed by atoms with Crippen LogP contribution in [0.5, 0.6) is 0 Å². The van der Waals surface area contributed by atoms with E-state index in [0.717, 1.165) is 10.8 Å². The van der Waals surface area contributed by atoms with Crippen molar-refractivity contribution in [2.24, 2.45) is 0 Å². The van der Waals surface area contributed by atoms with Gasteiger partial charge in [0.2, 0.25) is 5.78 Å². The summed E-state index contributed by atoms with van der Waals surface area (Å²) in [6.07, 6.45) is -9.01. The summed E-state index contributed by atoms with van der Waals surface area (Å²) in [5, 5.41) is 31.1. The van der Waals surface area contributed by atoms with Gasteiger partial charge in [0.15, 0.2) is 11.0 Å². The number of nitrogens with zero attached hydrogens (tertiary/aromatic N) is 1. The van der Waals surface area contributed by atoms with Crippen LogP contribution in [-0.4, -0.2) is 68.3 Å². The highest BCUT2D eigenvalue weighted by atomic mass is 32.1. The monoisotopic (exact) mass is 399 g/mol. The van der Waals surface area contributed by atoms with E-state index in [1.54, 1.807) is 0 Å². The van der Waals surface area contributed by atoms with Gasteiger partial charge >= 0.3 is 6.18 Å². The van der Waals surface area contributed by atoms with Crippen molar-refractivity contribution < 1.29 is 38.0 Å². The van der Waals surface area contributed by atoms with Gasteiger partial charge in [-0.25, -0.2) is 0 Å². The second-order valence-corrected chi connectivity index (χ2v) is 5.96. The first kappa shape index (κ1) is 20.7. The Morgan fingerprint density at radius 3 is 2.58 bits per heavy atom. The minimum atomic E-state index is -4.99. The van der Waals surface area contributed by atoms with Crippen LogP contribution in [0, 0.1) is 4.77 Å². The van der Waals surface area contributed by atoms with Crippen LogP contribution in [0.15, 0.2) is 11.0 Å². The first-order chi connectivity index (χ1) is 12.1. The zero-order valence-electron chi connectivity index (χ0n) is 13.1. The lowest BCUT2D eigenvalue weighted by atomic mass is 10.1. The number of aliphatic hydroxyl groups is 3. The molecule has 1 saturated heterocycles. The maximum Gasteiger partial charge on any atom is 0.451 e. The van der Waals surface area contributed by atoms with E-state index in [1.807, 2.05) is 0 Å². The van der Waals surface area contributed by atoms with Gasteiger partial charge in [-0.15, -0.1) is 0 Å². The fraction of sp³-hybridized carbons (Fsp3) is 0.615. The van der Waals surface area contributed by atoms with E-state index in [-0.39, 0.29) is 16.9 Å². The Labute approximate surface area is 149 Å². The number of H-pyrrole nitrogens is 1. The van der Waals surface area contributed by atoms with Crippen LogP contribution >= 0.6 is 12.2 Å². The van der Waals surface area contributed by atoms with Crippen LogP contribution in [0.3, 0.4) is 0 Å². The van der Waals surface area contributed by atoms with E-state index >= 15 is 0 Å². The molecule has 0 aliphatic carbocycles. The SMILES string of the molecule is O=C(CNCc1cn([C@@H]2O[C@H](CO)[C@@H](O)[C@H]2O)c(=S)[nH]c1=O)C(F)(F)F. The molecule has 5 N–H and O–H groups in total. The third kappa shape index (κ3) is 4.36. The molecule has 0 spiro atoms.